The van der Waals surface area contributed by atoms with Crippen LogP contribution in [0.5, 0.6) is 5.75 Å². The maximum atomic E-state index is 13.0. The lowest BCUT2D eigenvalue weighted by molar-refractivity contribution is 0.0940. The molecule has 0 unspecified atom stereocenters. The van der Waals surface area contributed by atoms with Crippen molar-refractivity contribution in [2.45, 2.75) is 46.2 Å². The first-order chi connectivity index (χ1) is 17.3. The summed E-state index contributed by atoms with van der Waals surface area (Å²) < 4.78 is 31.9. The van der Waals surface area contributed by atoms with Crippen LogP contribution in [0.3, 0.4) is 0 Å². The number of rotatable bonds is 9. The van der Waals surface area contributed by atoms with E-state index in [1.807, 2.05) is 19.9 Å². The Kier molecular flexibility index (Phi) is 9.16. The molecule has 0 aliphatic rings. The van der Waals surface area contributed by atoms with E-state index in [2.05, 4.69) is 25.2 Å². The van der Waals surface area contributed by atoms with Gasteiger partial charge in [0.2, 0.25) is 10.0 Å². The summed E-state index contributed by atoms with van der Waals surface area (Å²) in [6.45, 7) is 8.09. The van der Waals surface area contributed by atoms with E-state index in [1.165, 1.54) is 4.31 Å². The first-order valence-corrected chi connectivity index (χ1v) is 14.4. The van der Waals surface area contributed by atoms with Crippen molar-refractivity contribution in [1.29, 1.82) is 0 Å². The van der Waals surface area contributed by atoms with Gasteiger partial charge in [-0.15, -0.1) is 0 Å². The molecule has 1 atom stereocenters. The van der Waals surface area contributed by atoms with E-state index in [4.69, 9.17) is 27.9 Å². The first-order valence-electron chi connectivity index (χ1n) is 11.8. The van der Waals surface area contributed by atoms with Crippen LogP contribution in [0.2, 0.25) is 10.0 Å². The quantitative estimate of drug-likeness (QED) is 0.308. The molecule has 0 heterocycles. The minimum Gasteiger partial charge on any atom is -0.496 e. The molecule has 3 aromatic carbocycles. The lowest BCUT2D eigenvalue weighted by atomic mass is 9.93. The third-order valence-electron chi connectivity index (χ3n) is 6.24. The van der Waals surface area contributed by atoms with Crippen molar-refractivity contribution in [2.75, 3.05) is 17.7 Å². The van der Waals surface area contributed by atoms with Gasteiger partial charge in [-0.2, -0.15) is 0 Å². The van der Waals surface area contributed by atoms with E-state index in [9.17, 15) is 13.2 Å². The molecule has 3 rings (SSSR count). The summed E-state index contributed by atoms with van der Waals surface area (Å²) in [7, 11) is -2.00. The Labute approximate surface area is 229 Å². The topological polar surface area (TPSA) is 75.7 Å². The van der Waals surface area contributed by atoms with Crippen LogP contribution in [-0.4, -0.2) is 27.7 Å². The third-order valence-corrected chi connectivity index (χ3v) is 8.08. The Bertz CT molecular complexity index is 1370. The van der Waals surface area contributed by atoms with Crippen molar-refractivity contribution >= 4 is 44.8 Å². The van der Waals surface area contributed by atoms with Crippen LogP contribution in [0.1, 0.15) is 65.3 Å². The van der Waals surface area contributed by atoms with Crippen molar-refractivity contribution in [3.05, 3.63) is 92.5 Å². The highest BCUT2D eigenvalue weighted by molar-refractivity contribution is 7.92. The number of sulfonamides is 1. The van der Waals surface area contributed by atoms with Crippen LogP contribution in [0.4, 0.5) is 5.69 Å². The smallest absolute Gasteiger partial charge is 0.251 e. The molecule has 0 saturated heterocycles. The second-order valence-corrected chi connectivity index (χ2v) is 12.0. The molecule has 0 fully saturated rings. The highest BCUT2D eigenvalue weighted by atomic mass is 35.5. The van der Waals surface area contributed by atoms with Gasteiger partial charge >= 0.3 is 0 Å². The monoisotopic (exact) mass is 562 g/mol. The van der Waals surface area contributed by atoms with Crippen molar-refractivity contribution < 1.29 is 17.9 Å². The zero-order chi connectivity index (χ0) is 27.5. The molecule has 37 heavy (non-hydrogen) atoms. The van der Waals surface area contributed by atoms with E-state index < -0.39 is 10.0 Å². The number of halogens is 2. The van der Waals surface area contributed by atoms with Gasteiger partial charge in [-0.3, -0.25) is 9.10 Å². The van der Waals surface area contributed by atoms with Gasteiger partial charge in [0.1, 0.15) is 5.75 Å². The van der Waals surface area contributed by atoms with Gasteiger partial charge in [0, 0.05) is 21.2 Å². The zero-order valence-electron chi connectivity index (χ0n) is 21.8. The molecular formula is C28H32Cl2N2O4S. The fraction of sp³-hybridized carbons (Fsp3) is 0.321. The lowest BCUT2D eigenvalue weighted by Gasteiger charge is -2.24. The van der Waals surface area contributed by atoms with Gasteiger partial charge in [0.15, 0.2) is 0 Å². The number of ether oxygens (including phenoxy) is 1. The van der Waals surface area contributed by atoms with Crippen LogP contribution < -0.4 is 14.4 Å². The van der Waals surface area contributed by atoms with E-state index in [0.29, 0.717) is 26.9 Å². The molecule has 1 amide bonds. The maximum absolute atomic E-state index is 13.0. The Morgan fingerprint density at radius 2 is 1.59 bits per heavy atom. The zero-order valence-corrected chi connectivity index (χ0v) is 24.1. The number of methoxy groups -OCH3 is 1. The molecule has 9 heteroatoms. The van der Waals surface area contributed by atoms with Crippen LogP contribution in [0.25, 0.3) is 0 Å². The molecule has 6 nitrogen and oxygen atoms in total. The van der Waals surface area contributed by atoms with Gasteiger partial charge in [-0.25, -0.2) is 8.42 Å². The summed E-state index contributed by atoms with van der Waals surface area (Å²) in [5.41, 5.74) is 4.42. The molecule has 0 bridgehead atoms. The van der Waals surface area contributed by atoms with Crippen LogP contribution in [0, 0.1) is 6.92 Å². The van der Waals surface area contributed by atoms with Gasteiger partial charge in [0.25, 0.3) is 5.91 Å². The predicted molar refractivity (Wildman–Crippen MR) is 152 cm³/mol. The average Bonchev–Trinajstić information content (AvgIpc) is 2.82. The number of aryl methyl sites for hydroxylation is 1. The number of benzene rings is 3. The van der Waals surface area contributed by atoms with Gasteiger partial charge in [-0.1, -0.05) is 43.1 Å². The average molecular weight is 564 g/mol. The number of carbonyl (C=O) groups excluding carboxylic acids is 1. The minimum absolute atomic E-state index is 0.0329. The summed E-state index contributed by atoms with van der Waals surface area (Å²) in [6, 6.07) is 15.2. The number of amides is 1. The number of anilines is 1. The lowest BCUT2D eigenvalue weighted by Crippen LogP contribution is -2.30. The Hall–Kier alpha value is -2.74. The van der Waals surface area contributed by atoms with Crippen LogP contribution >= 0.6 is 23.2 Å². The molecule has 0 spiro atoms. The maximum Gasteiger partial charge on any atom is 0.251 e. The van der Waals surface area contributed by atoms with Gasteiger partial charge in [0.05, 0.1) is 31.6 Å². The highest BCUT2D eigenvalue weighted by Crippen LogP contribution is 2.33. The van der Waals surface area contributed by atoms with E-state index in [1.54, 1.807) is 49.6 Å². The van der Waals surface area contributed by atoms with Crippen molar-refractivity contribution in [2.24, 2.45) is 0 Å². The summed E-state index contributed by atoms with van der Waals surface area (Å²) in [6.07, 6.45) is 1.11. The minimum atomic E-state index is -3.65. The van der Waals surface area contributed by atoms with Gasteiger partial charge in [-0.05, 0) is 85.0 Å². The Balaban J connectivity index is 1.83. The molecule has 0 saturated carbocycles. The van der Waals surface area contributed by atoms with E-state index in [0.717, 1.165) is 28.7 Å². The Morgan fingerprint density at radius 3 is 2.11 bits per heavy atom. The number of hydrogen-bond donors (Lipinski definition) is 1. The molecule has 3 aromatic rings. The van der Waals surface area contributed by atoms with Crippen molar-refractivity contribution in [3.8, 4) is 5.75 Å². The molecule has 0 radical (unpaired) electrons. The molecular weight excluding hydrogens is 531 g/mol. The number of nitrogens with zero attached hydrogens (tertiary/aromatic N) is 1. The van der Waals surface area contributed by atoms with Crippen molar-refractivity contribution in [3.63, 3.8) is 0 Å². The summed E-state index contributed by atoms with van der Waals surface area (Å²) in [5.74, 6) is 0.836. The number of nitrogens with one attached hydrogen (secondary N) is 1. The summed E-state index contributed by atoms with van der Waals surface area (Å²) in [5, 5.41) is 3.80. The number of hydrogen-bond acceptors (Lipinski definition) is 4. The molecule has 0 aliphatic carbocycles. The fourth-order valence-corrected chi connectivity index (χ4v) is 5.56. The second-order valence-electron chi connectivity index (χ2n) is 9.32. The van der Waals surface area contributed by atoms with Crippen molar-refractivity contribution in [1.82, 2.24) is 5.32 Å². The van der Waals surface area contributed by atoms with Crippen LogP contribution in [0.15, 0.2) is 54.6 Å². The summed E-state index contributed by atoms with van der Waals surface area (Å²) in [4.78, 5) is 13.0. The standard InChI is InChI=1S/C28H32Cl2N2O4S/c1-17(2)22-15-23(18(3)14-27(22)36-5)19(4)31-28(33)20-10-12-21(13-11-20)32(37(6,34)35)16-24-25(29)8-7-9-26(24)30/h7-15,17,19H,16H2,1-6H3,(H,31,33)/t19-/m0/s1. The summed E-state index contributed by atoms with van der Waals surface area (Å²) >= 11 is 12.5. The number of carbonyl (C=O) groups is 1. The fourth-order valence-electron chi connectivity index (χ4n) is 4.17. The Morgan fingerprint density at radius 1 is 1.00 bits per heavy atom. The third kappa shape index (κ3) is 6.78. The largest absolute Gasteiger partial charge is 0.496 e. The highest BCUT2D eigenvalue weighted by Gasteiger charge is 2.22. The molecule has 0 aromatic heterocycles. The molecule has 0 aliphatic heterocycles. The first kappa shape index (κ1) is 28.8. The van der Waals surface area contributed by atoms with E-state index >= 15 is 0 Å². The van der Waals surface area contributed by atoms with Gasteiger partial charge < -0.3 is 10.1 Å². The van der Waals surface area contributed by atoms with E-state index in [-0.39, 0.29) is 24.4 Å². The molecule has 198 valence electrons. The SMILES string of the molecule is COc1cc(C)c([C@H](C)NC(=O)c2ccc(N(Cc3c(Cl)cccc3Cl)S(C)(=O)=O)cc2)cc1C(C)C. The molecule has 1 N–H and O–H groups in total. The second kappa shape index (κ2) is 11.8. The van der Waals surface area contributed by atoms with Crippen LogP contribution in [-0.2, 0) is 16.6 Å². The predicted octanol–water partition coefficient (Wildman–Crippen LogP) is 6.89. The normalized spacial score (nSPS) is 12.4.